The van der Waals surface area contributed by atoms with Gasteiger partial charge in [-0.05, 0) is 116 Å². The summed E-state index contributed by atoms with van der Waals surface area (Å²) in [6.45, 7) is 5.03. The van der Waals surface area contributed by atoms with E-state index in [1.165, 1.54) is 20.8 Å². The van der Waals surface area contributed by atoms with Crippen LogP contribution in [0.25, 0.3) is 0 Å². The standard InChI is InChI=1S/C58H102N22O15/c1-31(2)25-36(61)50(89)70-27-43(83)69-28-45(85)74-41(26-35-15-7-6-8-16-35)54(93)80-46(34(5)82)56(95)71-29-44(84)72-32(3)48(87)76-40(20-14-24-68-58(65)66)52(91)78-38(18-10-12-22-60)53(92)79-42(30-81)55(94)73-33(4)49(88)77-39(19-13-23-67-57(63)64)51(90)75-37(47(62)86)17-9-11-21-59/h6-8,15-16,31-34,36-42,46,81-82H,9-14,17-30,59-61H2,1-5H3,(H2,62,86)(H,69,83)(H,70,89)(H,71,95)(H,72,84)(H,73,94)(H,74,85)(H,75,90)(H,76,87)(H,77,88)(H,78,91)(H,79,92)(H,80,93)(H4,63,64,67)(H4,65,66,68)/t32-,33-,34+,36-,37-,38-,39-,40-,41-,42-,46-/m0/s1. The van der Waals surface area contributed by atoms with Crippen LogP contribution in [0.4, 0.5) is 0 Å². The third-order valence-corrected chi connectivity index (χ3v) is 14.0. The largest absolute Gasteiger partial charge is 0.394 e. The van der Waals surface area contributed by atoms with E-state index in [9.17, 15) is 72.5 Å². The number of nitrogens with two attached hydrogens (primary N) is 8. The van der Waals surface area contributed by atoms with E-state index >= 15 is 0 Å². The number of aliphatic imine (C=N–C) groups is 2. The van der Waals surface area contributed by atoms with Crippen molar-refractivity contribution in [3.63, 3.8) is 0 Å². The molecular weight excluding hydrogens is 1240 g/mol. The minimum Gasteiger partial charge on any atom is -0.394 e. The van der Waals surface area contributed by atoms with Gasteiger partial charge >= 0.3 is 0 Å². The highest BCUT2D eigenvalue weighted by Crippen LogP contribution is 2.10. The fourth-order valence-electron chi connectivity index (χ4n) is 8.82. The molecular formula is C58H102N22O15. The second-order valence-corrected chi connectivity index (χ2v) is 22.9. The van der Waals surface area contributed by atoms with E-state index in [0.717, 1.165) is 0 Å². The van der Waals surface area contributed by atoms with Gasteiger partial charge in [-0.1, -0.05) is 44.2 Å². The number of nitrogens with one attached hydrogen (secondary N) is 12. The van der Waals surface area contributed by atoms with E-state index in [0.29, 0.717) is 37.8 Å². The molecule has 1 aromatic carbocycles. The fraction of sp³-hybridized carbons (Fsp3) is 0.638. The Morgan fingerprint density at radius 1 is 0.442 bits per heavy atom. The van der Waals surface area contributed by atoms with E-state index < -0.39 is 170 Å². The van der Waals surface area contributed by atoms with Gasteiger partial charge in [0.1, 0.15) is 54.4 Å². The predicted octanol–water partition coefficient (Wildman–Crippen LogP) is -9.42. The number of aliphatic hydroxyl groups is 2. The lowest BCUT2D eigenvalue weighted by Crippen LogP contribution is -2.60. The van der Waals surface area contributed by atoms with Crippen molar-refractivity contribution in [2.75, 3.05) is 52.4 Å². The Morgan fingerprint density at radius 2 is 0.853 bits per heavy atom. The Hall–Kier alpha value is -9.33. The molecule has 0 saturated heterocycles. The van der Waals surface area contributed by atoms with Crippen LogP contribution in [0.3, 0.4) is 0 Å². The van der Waals surface area contributed by atoms with Gasteiger partial charge in [0, 0.05) is 19.5 Å². The maximum absolute atomic E-state index is 14.1. The summed E-state index contributed by atoms with van der Waals surface area (Å²) in [4.78, 5) is 180. The molecule has 0 aliphatic rings. The molecule has 1 aromatic rings. The molecule has 534 valence electrons. The maximum Gasteiger partial charge on any atom is 0.245 e. The first kappa shape index (κ1) is 83.7. The molecule has 0 aliphatic heterocycles. The van der Waals surface area contributed by atoms with E-state index in [2.05, 4.69) is 73.8 Å². The molecule has 95 heavy (non-hydrogen) atoms. The summed E-state index contributed by atoms with van der Waals surface area (Å²) in [7, 11) is 0. The molecule has 13 amide bonds. The molecule has 37 heteroatoms. The lowest BCUT2D eigenvalue weighted by molar-refractivity contribution is -0.136. The van der Waals surface area contributed by atoms with Gasteiger partial charge in [-0.2, -0.15) is 0 Å². The molecule has 1 rings (SSSR count). The average Bonchev–Trinajstić information content (AvgIpc) is 1.76. The third-order valence-electron chi connectivity index (χ3n) is 14.0. The van der Waals surface area contributed by atoms with Gasteiger partial charge in [-0.15, -0.1) is 0 Å². The van der Waals surface area contributed by atoms with Gasteiger partial charge in [0.25, 0.3) is 0 Å². The van der Waals surface area contributed by atoms with Crippen LogP contribution in [-0.4, -0.2) is 218 Å². The first-order valence-electron chi connectivity index (χ1n) is 31.3. The Kier molecular flexibility index (Phi) is 40.4. The number of hydrogen-bond donors (Lipinski definition) is 22. The summed E-state index contributed by atoms with van der Waals surface area (Å²) in [5.41, 5.74) is 45.0. The van der Waals surface area contributed by atoms with Crippen LogP contribution in [0.2, 0.25) is 0 Å². The van der Waals surface area contributed by atoms with Crippen LogP contribution in [0.15, 0.2) is 40.3 Å². The second-order valence-electron chi connectivity index (χ2n) is 22.9. The van der Waals surface area contributed by atoms with Crippen molar-refractivity contribution >= 4 is 88.7 Å². The van der Waals surface area contributed by atoms with E-state index in [1.807, 2.05) is 13.8 Å². The number of primary amides is 1. The van der Waals surface area contributed by atoms with Gasteiger partial charge in [0.05, 0.1) is 38.4 Å². The average molecular weight is 1350 g/mol. The van der Waals surface area contributed by atoms with Gasteiger partial charge < -0.3 is 120 Å². The lowest BCUT2D eigenvalue weighted by atomic mass is 10.0. The van der Waals surface area contributed by atoms with Crippen molar-refractivity contribution in [2.24, 2.45) is 61.8 Å². The summed E-state index contributed by atoms with van der Waals surface area (Å²) in [6, 6.07) is -5.38. The van der Waals surface area contributed by atoms with E-state index in [1.54, 1.807) is 30.3 Å². The fourth-order valence-corrected chi connectivity index (χ4v) is 8.82. The molecule has 0 fully saturated rings. The molecule has 0 bridgehead atoms. The Morgan fingerprint density at radius 3 is 1.33 bits per heavy atom. The first-order chi connectivity index (χ1) is 44.8. The Balaban J connectivity index is 3.21. The van der Waals surface area contributed by atoms with Crippen LogP contribution >= 0.6 is 0 Å². The SMILES string of the molecule is CC(C)C[C@H](N)C(=O)NCC(=O)NCC(=O)N[C@@H](Cc1ccccc1)C(=O)N[C@H](C(=O)NCC(=O)N[C@@H](C)C(=O)N[C@@H](CCCN=C(N)N)C(=O)N[C@@H](CCCCN)C(=O)N[C@@H](CO)C(=O)N[C@@H](C)C(=O)N[C@@H](CCCN=C(N)N)C(=O)N[C@@H](CCCCN)C(N)=O)[C@@H](C)O. The van der Waals surface area contributed by atoms with Gasteiger partial charge in [0.2, 0.25) is 76.8 Å². The maximum atomic E-state index is 14.1. The van der Waals surface area contributed by atoms with Crippen molar-refractivity contribution in [1.82, 2.24) is 63.8 Å². The number of benzene rings is 1. The summed E-state index contributed by atoms with van der Waals surface area (Å²) in [5.74, 6) is -11.9. The monoisotopic (exact) mass is 1350 g/mol. The van der Waals surface area contributed by atoms with Crippen molar-refractivity contribution in [1.29, 1.82) is 0 Å². The predicted molar refractivity (Wildman–Crippen MR) is 349 cm³/mol. The van der Waals surface area contributed by atoms with Crippen molar-refractivity contribution in [2.45, 2.75) is 178 Å². The third kappa shape index (κ3) is 35.5. The van der Waals surface area contributed by atoms with Crippen LogP contribution in [0, 0.1) is 5.92 Å². The highest BCUT2D eigenvalue weighted by Gasteiger charge is 2.34. The zero-order valence-electron chi connectivity index (χ0n) is 54.7. The normalized spacial score (nSPS) is 14.4. The number of carbonyl (C=O) groups is 13. The zero-order valence-corrected chi connectivity index (χ0v) is 54.7. The minimum absolute atomic E-state index is 0.0227. The number of hydrogen-bond acceptors (Lipinski definition) is 20. The van der Waals surface area contributed by atoms with Crippen LogP contribution in [0.5, 0.6) is 0 Å². The van der Waals surface area contributed by atoms with Crippen molar-refractivity contribution < 1.29 is 72.5 Å². The summed E-state index contributed by atoms with van der Waals surface area (Å²) in [6.07, 6.45) is 0.439. The number of aliphatic hydroxyl groups excluding tert-OH is 2. The first-order valence-corrected chi connectivity index (χ1v) is 31.3. The van der Waals surface area contributed by atoms with Crippen LogP contribution < -0.4 is 110 Å². The quantitative estimate of drug-likeness (QED) is 0.0164. The number of nitrogens with zero attached hydrogens (tertiary/aromatic N) is 2. The van der Waals surface area contributed by atoms with E-state index in [-0.39, 0.29) is 88.8 Å². The Bertz CT molecular complexity index is 2730. The Labute approximate surface area is 551 Å². The molecule has 0 radical (unpaired) electrons. The number of carbonyl (C=O) groups excluding carboxylic acids is 13. The molecule has 0 saturated carbocycles. The summed E-state index contributed by atoms with van der Waals surface area (Å²) >= 11 is 0. The number of rotatable bonds is 47. The van der Waals surface area contributed by atoms with Gasteiger partial charge in [0.15, 0.2) is 11.9 Å². The smallest absolute Gasteiger partial charge is 0.245 e. The molecule has 0 heterocycles. The van der Waals surface area contributed by atoms with Gasteiger partial charge in [-0.3, -0.25) is 72.3 Å². The summed E-state index contributed by atoms with van der Waals surface area (Å²) in [5, 5.41) is 50.0. The van der Waals surface area contributed by atoms with E-state index in [4.69, 9.17) is 45.9 Å². The number of unbranched alkanes of at least 4 members (excludes halogenated alkanes) is 2. The summed E-state index contributed by atoms with van der Waals surface area (Å²) < 4.78 is 0. The minimum atomic E-state index is -1.73. The molecule has 37 nitrogen and oxygen atoms in total. The van der Waals surface area contributed by atoms with Crippen molar-refractivity contribution in [3.8, 4) is 0 Å². The molecule has 0 spiro atoms. The molecule has 0 aromatic heterocycles. The molecule has 0 unspecified atom stereocenters. The molecule has 11 atom stereocenters. The molecule has 30 N–H and O–H groups in total. The topological polar surface area (TPSA) is 640 Å². The van der Waals surface area contributed by atoms with Crippen LogP contribution in [0.1, 0.15) is 111 Å². The van der Waals surface area contributed by atoms with Crippen LogP contribution in [-0.2, 0) is 68.7 Å². The lowest BCUT2D eigenvalue weighted by Gasteiger charge is -2.26. The van der Waals surface area contributed by atoms with Gasteiger partial charge in [-0.25, -0.2) is 0 Å². The highest BCUT2D eigenvalue weighted by molar-refractivity contribution is 5.99. The zero-order chi connectivity index (χ0) is 71.7. The molecule has 0 aliphatic carbocycles. The number of guanidine groups is 2. The van der Waals surface area contributed by atoms with Crippen molar-refractivity contribution in [3.05, 3.63) is 35.9 Å². The second kappa shape index (κ2) is 45.9. The highest BCUT2D eigenvalue weighted by atomic mass is 16.3. The number of amides is 13.